The van der Waals surface area contributed by atoms with Crippen LogP contribution in [0.1, 0.15) is 19.3 Å². The minimum Gasteiger partial charge on any atom is -0.367 e. The molecule has 2 nitrogen and oxygen atoms in total. The third kappa shape index (κ3) is 1.62. The molecule has 2 rings (SSSR count). The molecule has 1 aliphatic carbocycles. The quantitative estimate of drug-likeness (QED) is 0.577. The standard InChI is InChI=1S/C10H10F4N2/c1-16(5-3-2-4-5)8-6(11)9(13)15-10(14)7(8)12/h5H,2-4H2,1H3. The Bertz CT molecular complexity index is 392. The van der Waals surface area contributed by atoms with E-state index in [1.54, 1.807) is 0 Å². The third-order valence-corrected chi connectivity index (χ3v) is 2.95. The molecular formula is C10H10F4N2. The maximum Gasteiger partial charge on any atom is 0.253 e. The van der Waals surface area contributed by atoms with E-state index >= 15 is 0 Å². The van der Waals surface area contributed by atoms with Gasteiger partial charge in [-0.3, -0.25) is 0 Å². The lowest BCUT2D eigenvalue weighted by atomic mass is 9.91. The van der Waals surface area contributed by atoms with E-state index in [0.717, 1.165) is 19.3 Å². The van der Waals surface area contributed by atoms with Gasteiger partial charge in [0.05, 0.1) is 0 Å². The van der Waals surface area contributed by atoms with Crippen LogP contribution in [0.3, 0.4) is 0 Å². The fourth-order valence-electron chi connectivity index (χ4n) is 1.74. The molecule has 0 atom stereocenters. The summed E-state index contributed by atoms with van der Waals surface area (Å²) >= 11 is 0. The third-order valence-electron chi connectivity index (χ3n) is 2.95. The van der Waals surface area contributed by atoms with Crippen LogP contribution in [0.5, 0.6) is 0 Å². The van der Waals surface area contributed by atoms with Crippen LogP contribution in [-0.2, 0) is 0 Å². The number of hydrogen-bond acceptors (Lipinski definition) is 2. The van der Waals surface area contributed by atoms with E-state index < -0.39 is 29.2 Å². The highest BCUT2D eigenvalue weighted by Gasteiger charge is 2.30. The predicted octanol–water partition coefficient (Wildman–Crippen LogP) is 2.63. The second-order valence-electron chi connectivity index (χ2n) is 3.87. The lowest BCUT2D eigenvalue weighted by Crippen LogP contribution is -2.38. The summed E-state index contributed by atoms with van der Waals surface area (Å²) < 4.78 is 52.3. The smallest absolute Gasteiger partial charge is 0.253 e. The highest BCUT2D eigenvalue weighted by molar-refractivity contribution is 5.49. The van der Waals surface area contributed by atoms with Gasteiger partial charge < -0.3 is 4.90 Å². The number of halogens is 4. The van der Waals surface area contributed by atoms with Crippen molar-refractivity contribution in [1.29, 1.82) is 0 Å². The summed E-state index contributed by atoms with van der Waals surface area (Å²) in [4.78, 5) is 3.75. The maximum absolute atomic E-state index is 13.3. The van der Waals surface area contributed by atoms with Crippen molar-refractivity contribution >= 4 is 5.69 Å². The van der Waals surface area contributed by atoms with Crippen LogP contribution < -0.4 is 4.90 Å². The van der Waals surface area contributed by atoms with Gasteiger partial charge >= 0.3 is 0 Å². The highest BCUT2D eigenvalue weighted by atomic mass is 19.2. The number of hydrogen-bond donors (Lipinski definition) is 0. The second kappa shape index (κ2) is 3.92. The first-order valence-electron chi connectivity index (χ1n) is 4.95. The fourth-order valence-corrected chi connectivity index (χ4v) is 1.74. The molecule has 0 aromatic carbocycles. The largest absolute Gasteiger partial charge is 0.367 e. The van der Waals surface area contributed by atoms with Crippen LogP contribution in [0.15, 0.2) is 0 Å². The Hall–Kier alpha value is -1.33. The minimum atomic E-state index is -1.61. The molecule has 1 aromatic heterocycles. The summed E-state index contributed by atoms with van der Waals surface area (Å²) in [6, 6.07) is -0.0646. The van der Waals surface area contributed by atoms with Crippen molar-refractivity contribution in [3.05, 3.63) is 23.5 Å². The Morgan fingerprint density at radius 1 is 1.06 bits per heavy atom. The van der Waals surface area contributed by atoms with Crippen LogP contribution in [0.2, 0.25) is 0 Å². The summed E-state index contributed by atoms with van der Waals surface area (Å²) in [6.07, 6.45) is 2.48. The Labute approximate surface area is 89.9 Å². The molecule has 0 saturated heterocycles. The summed E-state index contributed by atoms with van der Waals surface area (Å²) in [7, 11) is 1.42. The van der Waals surface area contributed by atoms with Gasteiger partial charge in [-0.25, -0.2) is 0 Å². The van der Waals surface area contributed by atoms with Crippen molar-refractivity contribution in [3.63, 3.8) is 0 Å². The zero-order valence-electron chi connectivity index (χ0n) is 8.60. The lowest BCUT2D eigenvalue weighted by Gasteiger charge is -2.36. The SMILES string of the molecule is CN(c1c(F)c(F)nc(F)c1F)C1CCC1. The Morgan fingerprint density at radius 2 is 1.56 bits per heavy atom. The molecule has 1 aliphatic rings. The van der Waals surface area contributed by atoms with Gasteiger partial charge in [0.25, 0.3) is 11.9 Å². The molecule has 0 spiro atoms. The van der Waals surface area contributed by atoms with Gasteiger partial charge in [-0.2, -0.15) is 22.5 Å². The zero-order chi connectivity index (χ0) is 11.9. The average molecular weight is 234 g/mol. The number of pyridine rings is 1. The molecule has 16 heavy (non-hydrogen) atoms. The molecule has 1 heterocycles. The molecule has 0 unspecified atom stereocenters. The van der Waals surface area contributed by atoms with Gasteiger partial charge in [0.15, 0.2) is 0 Å². The summed E-state index contributed by atoms with van der Waals surface area (Å²) in [5.74, 6) is -6.10. The van der Waals surface area contributed by atoms with Crippen LogP contribution in [0.4, 0.5) is 23.2 Å². The van der Waals surface area contributed by atoms with Gasteiger partial charge in [-0.15, -0.1) is 0 Å². The zero-order valence-corrected chi connectivity index (χ0v) is 8.60. The van der Waals surface area contributed by atoms with E-state index in [0.29, 0.717) is 0 Å². The van der Waals surface area contributed by atoms with Crippen LogP contribution in [-0.4, -0.2) is 18.1 Å². The first kappa shape index (κ1) is 11.2. The van der Waals surface area contributed by atoms with Gasteiger partial charge in [0.2, 0.25) is 11.6 Å². The van der Waals surface area contributed by atoms with E-state index in [2.05, 4.69) is 4.98 Å². The maximum atomic E-state index is 13.3. The fraction of sp³-hybridized carbons (Fsp3) is 0.500. The molecule has 0 amide bonds. The van der Waals surface area contributed by atoms with Crippen LogP contribution >= 0.6 is 0 Å². The van der Waals surface area contributed by atoms with Crippen molar-refractivity contribution in [2.24, 2.45) is 0 Å². The lowest BCUT2D eigenvalue weighted by molar-refractivity contribution is 0.373. The van der Waals surface area contributed by atoms with Crippen molar-refractivity contribution in [2.45, 2.75) is 25.3 Å². The first-order chi connectivity index (χ1) is 7.52. The van der Waals surface area contributed by atoms with E-state index in [1.807, 2.05) is 0 Å². The van der Waals surface area contributed by atoms with Crippen LogP contribution in [0, 0.1) is 23.5 Å². The number of aromatic nitrogens is 1. The summed E-state index contributed by atoms with van der Waals surface area (Å²) in [5.41, 5.74) is -0.672. The van der Waals surface area contributed by atoms with E-state index in [-0.39, 0.29) is 6.04 Å². The topological polar surface area (TPSA) is 16.1 Å². The second-order valence-corrected chi connectivity index (χ2v) is 3.87. The van der Waals surface area contributed by atoms with Crippen LogP contribution in [0.25, 0.3) is 0 Å². The molecule has 0 aliphatic heterocycles. The predicted molar refractivity (Wildman–Crippen MR) is 50.1 cm³/mol. The molecule has 0 N–H and O–H groups in total. The van der Waals surface area contributed by atoms with E-state index in [4.69, 9.17) is 0 Å². The number of rotatable bonds is 2. The summed E-state index contributed by atoms with van der Waals surface area (Å²) in [5, 5.41) is 0. The van der Waals surface area contributed by atoms with Gasteiger partial charge in [-0.1, -0.05) is 0 Å². The van der Waals surface area contributed by atoms with Gasteiger partial charge in [-0.05, 0) is 19.3 Å². The molecular weight excluding hydrogens is 224 g/mol. The minimum absolute atomic E-state index is 0.0646. The van der Waals surface area contributed by atoms with Gasteiger partial charge in [0, 0.05) is 13.1 Å². The monoisotopic (exact) mass is 234 g/mol. The molecule has 0 bridgehead atoms. The van der Waals surface area contributed by atoms with Gasteiger partial charge in [0.1, 0.15) is 5.69 Å². The molecule has 1 saturated carbocycles. The molecule has 6 heteroatoms. The van der Waals surface area contributed by atoms with E-state index in [9.17, 15) is 17.6 Å². The Kier molecular flexibility index (Phi) is 2.73. The molecule has 0 radical (unpaired) electrons. The molecule has 1 aromatic rings. The number of anilines is 1. The van der Waals surface area contributed by atoms with E-state index in [1.165, 1.54) is 11.9 Å². The Balaban J connectivity index is 2.45. The Morgan fingerprint density at radius 3 is 1.94 bits per heavy atom. The molecule has 88 valence electrons. The molecule has 1 fully saturated rings. The summed E-state index contributed by atoms with van der Waals surface area (Å²) in [6.45, 7) is 0. The first-order valence-corrected chi connectivity index (χ1v) is 4.95. The highest BCUT2D eigenvalue weighted by Crippen LogP contribution is 2.32. The normalized spacial score (nSPS) is 16.1. The van der Waals surface area contributed by atoms with Crippen molar-refractivity contribution in [1.82, 2.24) is 4.98 Å². The number of nitrogens with zero attached hydrogens (tertiary/aromatic N) is 2. The average Bonchev–Trinajstić information content (AvgIpc) is 2.12. The van der Waals surface area contributed by atoms with Crippen molar-refractivity contribution in [2.75, 3.05) is 11.9 Å². The van der Waals surface area contributed by atoms with Crippen molar-refractivity contribution in [3.8, 4) is 0 Å². The van der Waals surface area contributed by atoms with Crippen molar-refractivity contribution < 1.29 is 17.6 Å².